The van der Waals surface area contributed by atoms with Crippen LogP contribution in [0.1, 0.15) is 30.6 Å². The van der Waals surface area contributed by atoms with Crippen LogP contribution in [0.2, 0.25) is 0 Å². The van der Waals surface area contributed by atoms with Crippen molar-refractivity contribution < 1.29 is 19.2 Å². The monoisotopic (exact) mass is 420 g/mol. The van der Waals surface area contributed by atoms with E-state index in [1.165, 1.54) is 25.9 Å². The zero-order valence-electron chi connectivity index (χ0n) is 17.6. The summed E-state index contributed by atoms with van der Waals surface area (Å²) < 4.78 is 4.96. The molecule has 0 bridgehead atoms. The minimum Gasteiger partial charge on any atom is -0.467 e. The zero-order chi connectivity index (χ0) is 22.6. The van der Waals surface area contributed by atoms with Crippen LogP contribution in [0.3, 0.4) is 0 Å². The van der Waals surface area contributed by atoms with Gasteiger partial charge in [0, 0.05) is 36.4 Å². The molecule has 7 nitrogen and oxygen atoms in total. The Morgan fingerprint density at radius 3 is 2.23 bits per heavy atom. The van der Waals surface area contributed by atoms with Crippen LogP contribution >= 0.6 is 0 Å². The first kappa shape index (κ1) is 22.0. The van der Waals surface area contributed by atoms with Crippen LogP contribution in [0.4, 0.5) is 5.69 Å². The van der Waals surface area contributed by atoms with Crippen molar-refractivity contribution in [2.24, 2.45) is 0 Å². The summed E-state index contributed by atoms with van der Waals surface area (Å²) >= 11 is 0. The third-order valence-corrected chi connectivity index (χ3v) is 5.22. The fourth-order valence-corrected chi connectivity index (χ4v) is 3.45. The van der Waals surface area contributed by atoms with Gasteiger partial charge < -0.3 is 4.74 Å². The third kappa shape index (κ3) is 4.71. The number of carbonyl (C=O) groups is 2. The molecular weight excluding hydrogens is 396 g/mol. The van der Waals surface area contributed by atoms with Gasteiger partial charge >= 0.3 is 5.97 Å². The molecule has 1 amide bonds. The van der Waals surface area contributed by atoms with Gasteiger partial charge in [-0.25, -0.2) is 4.79 Å². The third-order valence-electron chi connectivity index (χ3n) is 5.22. The van der Waals surface area contributed by atoms with Gasteiger partial charge in [0.25, 0.3) is 5.91 Å². The van der Waals surface area contributed by atoms with Gasteiger partial charge in [0.2, 0.25) is 5.54 Å². The summed E-state index contributed by atoms with van der Waals surface area (Å²) in [6.45, 7) is 2.85. The highest BCUT2D eigenvalue weighted by molar-refractivity contribution is 6.10. The second-order valence-corrected chi connectivity index (χ2v) is 7.89. The minimum absolute atomic E-state index is 0.210. The lowest BCUT2D eigenvalue weighted by molar-refractivity contribution is -0.561. The van der Waals surface area contributed by atoms with Crippen LogP contribution in [-0.2, 0) is 9.53 Å². The minimum atomic E-state index is -1.45. The maximum Gasteiger partial charge on any atom is 0.329 e. The molecule has 0 spiro atoms. The van der Waals surface area contributed by atoms with E-state index in [2.05, 4.69) is 0 Å². The first-order valence-corrected chi connectivity index (χ1v) is 9.84. The van der Waals surface area contributed by atoms with Gasteiger partial charge in [-0.2, -0.15) is 0 Å². The number of benzene rings is 3. The van der Waals surface area contributed by atoms with Crippen molar-refractivity contribution in [2.75, 3.05) is 12.0 Å². The van der Waals surface area contributed by atoms with Crippen LogP contribution in [0, 0.1) is 10.1 Å². The average Bonchev–Trinajstić information content (AvgIpc) is 2.78. The quantitative estimate of drug-likeness (QED) is 0.319. The van der Waals surface area contributed by atoms with Crippen LogP contribution in [0.25, 0.3) is 10.8 Å². The number of fused-ring (bicyclic) bond motifs is 1. The molecule has 0 aliphatic rings. The smallest absolute Gasteiger partial charge is 0.329 e. The van der Waals surface area contributed by atoms with E-state index in [0.717, 1.165) is 10.8 Å². The van der Waals surface area contributed by atoms with Crippen LogP contribution in [-0.4, -0.2) is 35.5 Å². The molecule has 1 atom stereocenters. The molecule has 0 saturated carbocycles. The number of hydrogen-bond donors (Lipinski definition) is 0. The second kappa shape index (κ2) is 8.95. The highest BCUT2D eigenvalue weighted by Crippen LogP contribution is 2.29. The van der Waals surface area contributed by atoms with E-state index in [-0.39, 0.29) is 6.42 Å². The fourth-order valence-electron chi connectivity index (χ4n) is 3.45. The Balaban J connectivity index is 2.17. The van der Waals surface area contributed by atoms with Gasteiger partial charge in [-0.15, -0.1) is 0 Å². The van der Waals surface area contributed by atoms with Gasteiger partial charge in [0.05, 0.1) is 7.11 Å². The van der Waals surface area contributed by atoms with Gasteiger partial charge in [-0.05, 0) is 35.0 Å². The summed E-state index contributed by atoms with van der Waals surface area (Å²) in [5.41, 5.74) is -0.629. The summed E-state index contributed by atoms with van der Waals surface area (Å²) in [6, 6.07) is 20.3. The molecule has 0 saturated heterocycles. The predicted octanol–water partition coefficient (Wildman–Crippen LogP) is 4.47. The summed E-state index contributed by atoms with van der Waals surface area (Å²) in [6.07, 6.45) is -0.210. The molecule has 3 aromatic carbocycles. The Labute approximate surface area is 180 Å². The highest BCUT2D eigenvalue weighted by Gasteiger charge is 2.42. The van der Waals surface area contributed by atoms with E-state index in [0.29, 0.717) is 11.3 Å². The van der Waals surface area contributed by atoms with Crippen molar-refractivity contribution in [1.82, 2.24) is 0 Å². The highest BCUT2D eigenvalue weighted by atomic mass is 16.6. The van der Waals surface area contributed by atoms with Gasteiger partial charge in [0.1, 0.15) is 6.04 Å². The van der Waals surface area contributed by atoms with Crippen LogP contribution in [0.5, 0.6) is 0 Å². The second-order valence-electron chi connectivity index (χ2n) is 7.89. The average molecular weight is 420 g/mol. The van der Waals surface area contributed by atoms with E-state index in [1.54, 1.807) is 42.5 Å². The molecule has 160 valence electrons. The lowest BCUT2D eigenvalue weighted by Crippen LogP contribution is -2.51. The lowest BCUT2D eigenvalue weighted by Gasteiger charge is -2.32. The SMILES string of the molecule is COC(=O)[C@H](CC(C)(C)[N+](=O)[O-])N(C(=O)c1ccccc1)c1ccc2ccccc2c1. The molecular formula is C24H24N2O5. The van der Waals surface area contributed by atoms with Crippen molar-refractivity contribution in [3.05, 3.63) is 88.5 Å². The van der Waals surface area contributed by atoms with Crippen LogP contribution < -0.4 is 4.90 Å². The number of nitrogens with zero attached hydrogens (tertiary/aromatic N) is 2. The van der Waals surface area contributed by atoms with E-state index in [4.69, 9.17) is 4.74 Å². The van der Waals surface area contributed by atoms with Gasteiger partial charge in [-0.1, -0.05) is 48.5 Å². The number of methoxy groups -OCH3 is 1. The molecule has 0 radical (unpaired) electrons. The Bertz CT molecular complexity index is 1110. The molecule has 0 unspecified atom stereocenters. The number of amides is 1. The molecule has 0 heterocycles. The molecule has 3 aromatic rings. The van der Waals surface area contributed by atoms with Crippen molar-refractivity contribution >= 4 is 28.3 Å². The van der Waals surface area contributed by atoms with Crippen LogP contribution in [0.15, 0.2) is 72.8 Å². The Morgan fingerprint density at radius 2 is 1.61 bits per heavy atom. The van der Waals surface area contributed by atoms with Crippen molar-refractivity contribution in [3.8, 4) is 0 Å². The Morgan fingerprint density at radius 1 is 1.00 bits per heavy atom. The Hall–Kier alpha value is -3.74. The number of carbonyl (C=O) groups excluding carboxylic acids is 2. The molecule has 0 fully saturated rings. The molecule has 0 aliphatic heterocycles. The summed E-state index contributed by atoms with van der Waals surface area (Å²) in [5.74, 6) is -1.15. The van der Waals surface area contributed by atoms with E-state index >= 15 is 0 Å². The first-order valence-electron chi connectivity index (χ1n) is 9.84. The summed E-state index contributed by atoms with van der Waals surface area (Å²) in [7, 11) is 1.21. The largest absolute Gasteiger partial charge is 0.467 e. The first-order chi connectivity index (χ1) is 14.7. The number of ether oxygens (including phenoxy) is 1. The normalized spacial score (nSPS) is 12.2. The molecule has 0 aliphatic carbocycles. The molecule has 7 heteroatoms. The maximum absolute atomic E-state index is 13.5. The summed E-state index contributed by atoms with van der Waals surface area (Å²) in [4.78, 5) is 38.8. The fraction of sp³-hybridized carbons (Fsp3) is 0.250. The van der Waals surface area contributed by atoms with Gasteiger partial charge in [0.15, 0.2) is 0 Å². The zero-order valence-corrected chi connectivity index (χ0v) is 17.6. The van der Waals surface area contributed by atoms with E-state index in [1.807, 2.05) is 30.3 Å². The molecule has 3 rings (SSSR count). The summed E-state index contributed by atoms with van der Waals surface area (Å²) in [5, 5.41) is 13.4. The number of anilines is 1. The van der Waals surface area contributed by atoms with Gasteiger partial charge in [-0.3, -0.25) is 19.8 Å². The lowest BCUT2D eigenvalue weighted by atomic mass is 9.93. The number of nitro groups is 1. The van der Waals surface area contributed by atoms with Crippen molar-refractivity contribution in [1.29, 1.82) is 0 Å². The maximum atomic E-state index is 13.5. The van der Waals surface area contributed by atoms with E-state index in [9.17, 15) is 19.7 Å². The predicted molar refractivity (Wildman–Crippen MR) is 119 cm³/mol. The number of hydrogen-bond acceptors (Lipinski definition) is 5. The molecule has 0 aromatic heterocycles. The molecule has 0 N–H and O–H groups in total. The number of esters is 1. The van der Waals surface area contributed by atoms with Crippen molar-refractivity contribution in [2.45, 2.75) is 31.8 Å². The topological polar surface area (TPSA) is 89.8 Å². The molecule has 31 heavy (non-hydrogen) atoms. The van der Waals surface area contributed by atoms with E-state index < -0.39 is 28.4 Å². The standard InChI is InChI=1S/C24H24N2O5/c1-24(2,26(29)30)16-21(23(28)31-3)25(22(27)18-10-5-4-6-11-18)20-14-13-17-9-7-8-12-19(17)15-20/h4-15,21H,16H2,1-3H3/t21-/m0/s1. The Kier molecular flexibility index (Phi) is 6.34. The van der Waals surface area contributed by atoms with Crippen molar-refractivity contribution in [3.63, 3.8) is 0 Å². The number of rotatable bonds is 7.